The zero-order valence-electron chi connectivity index (χ0n) is 10.1. The highest BCUT2D eigenvalue weighted by atomic mass is 79.9. The summed E-state index contributed by atoms with van der Waals surface area (Å²) >= 11 is 3.19. The molecule has 0 aromatic heterocycles. The van der Waals surface area contributed by atoms with E-state index < -0.39 is 16.5 Å². The summed E-state index contributed by atoms with van der Waals surface area (Å²) in [7, 11) is 0. The maximum absolute atomic E-state index is 13.2. The Morgan fingerprint density at radius 1 is 1.53 bits per heavy atom. The Hall–Kier alpha value is -1.69. The standard InChI is InChI=1S/C13H11BrFNO3/c1-9-4-6-13(7-5-9,16(17)18)19-12-8-10(15)2-3-11(12)14/h2-6,8H,7H2,1H3. The molecule has 0 aliphatic heterocycles. The number of ether oxygens (including phenoxy) is 1. The molecule has 6 heteroatoms. The molecular weight excluding hydrogens is 317 g/mol. The molecule has 4 nitrogen and oxygen atoms in total. The lowest BCUT2D eigenvalue weighted by Crippen LogP contribution is -2.43. The molecule has 1 aromatic rings. The molecule has 0 saturated carbocycles. The van der Waals surface area contributed by atoms with Crippen LogP contribution < -0.4 is 4.74 Å². The van der Waals surface area contributed by atoms with Crippen LogP contribution in [0.15, 0.2) is 46.5 Å². The van der Waals surface area contributed by atoms with Gasteiger partial charge in [-0.25, -0.2) is 4.39 Å². The van der Waals surface area contributed by atoms with E-state index in [-0.39, 0.29) is 12.2 Å². The van der Waals surface area contributed by atoms with Crippen LogP contribution in [0.25, 0.3) is 0 Å². The van der Waals surface area contributed by atoms with Crippen LogP contribution in [-0.4, -0.2) is 10.6 Å². The van der Waals surface area contributed by atoms with E-state index in [0.717, 1.165) is 11.6 Å². The molecule has 1 unspecified atom stereocenters. The van der Waals surface area contributed by atoms with Crippen LogP contribution in [0.3, 0.4) is 0 Å². The van der Waals surface area contributed by atoms with Crippen LogP contribution in [0.1, 0.15) is 13.3 Å². The van der Waals surface area contributed by atoms with Gasteiger partial charge in [0.05, 0.1) is 15.8 Å². The Bertz CT molecular complexity index is 585. The fourth-order valence-corrected chi connectivity index (χ4v) is 2.03. The van der Waals surface area contributed by atoms with Gasteiger partial charge in [0, 0.05) is 12.1 Å². The van der Waals surface area contributed by atoms with Gasteiger partial charge in [0.15, 0.2) is 0 Å². The fraction of sp³-hybridized carbons (Fsp3) is 0.231. The monoisotopic (exact) mass is 327 g/mol. The molecule has 100 valence electrons. The van der Waals surface area contributed by atoms with E-state index in [4.69, 9.17) is 4.74 Å². The minimum Gasteiger partial charge on any atom is -0.423 e. The lowest BCUT2D eigenvalue weighted by Gasteiger charge is -2.24. The molecule has 0 amide bonds. The minimum absolute atomic E-state index is 0.102. The quantitative estimate of drug-likeness (QED) is 0.481. The molecule has 0 saturated heterocycles. The molecule has 19 heavy (non-hydrogen) atoms. The molecule has 1 aliphatic carbocycles. The summed E-state index contributed by atoms with van der Waals surface area (Å²) in [4.78, 5) is 10.8. The highest BCUT2D eigenvalue weighted by Gasteiger charge is 2.43. The first-order chi connectivity index (χ1) is 8.93. The third kappa shape index (κ3) is 2.84. The second kappa shape index (κ2) is 5.13. The van der Waals surface area contributed by atoms with Gasteiger partial charge in [0.25, 0.3) is 0 Å². The second-order valence-corrected chi connectivity index (χ2v) is 5.12. The summed E-state index contributed by atoms with van der Waals surface area (Å²) in [5.74, 6) is -0.405. The molecule has 1 aromatic carbocycles. The molecule has 1 atom stereocenters. The maximum Gasteiger partial charge on any atom is 0.386 e. The molecule has 1 aliphatic rings. The third-order valence-corrected chi connectivity index (χ3v) is 3.47. The number of benzene rings is 1. The topological polar surface area (TPSA) is 52.4 Å². The number of allylic oxidation sites excluding steroid dienone is 2. The first-order valence-corrected chi connectivity index (χ1v) is 6.37. The lowest BCUT2D eigenvalue weighted by molar-refractivity contribution is -0.599. The molecule has 0 N–H and O–H groups in total. The summed E-state index contributed by atoms with van der Waals surface area (Å²) in [5.41, 5.74) is -0.755. The number of hydrogen-bond donors (Lipinski definition) is 0. The van der Waals surface area contributed by atoms with Gasteiger partial charge in [-0.2, -0.15) is 0 Å². The van der Waals surface area contributed by atoms with Crippen molar-refractivity contribution >= 4 is 15.9 Å². The number of nitrogens with zero attached hydrogens (tertiary/aromatic N) is 1. The normalized spacial score (nSPS) is 21.9. The Morgan fingerprint density at radius 2 is 2.26 bits per heavy atom. The molecule has 2 rings (SSSR count). The van der Waals surface area contributed by atoms with Crippen molar-refractivity contribution in [1.29, 1.82) is 0 Å². The molecule has 0 bridgehead atoms. The van der Waals surface area contributed by atoms with E-state index in [9.17, 15) is 14.5 Å². The Morgan fingerprint density at radius 3 is 2.84 bits per heavy atom. The lowest BCUT2D eigenvalue weighted by atomic mass is 10.0. The molecule has 0 fully saturated rings. The van der Waals surface area contributed by atoms with Crippen LogP contribution in [0.4, 0.5) is 4.39 Å². The molecular formula is C13H11BrFNO3. The van der Waals surface area contributed by atoms with E-state index in [0.29, 0.717) is 4.47 Å². The second-order valence-electron chi connectivity index (χ2n) is 4.26. The van der Waals surface area contributed by atoms with Gasteiger partial charge in [-0.1, -0.05) is 17.7 Å². The maximum atomic E-state index is 13.2. The number of rotatable bonds is 3. The molecule has 0 radical (unpaired) electrons. The van der Waals surface area contributed by atoms with Crippen LogP contribution >= 0.6 is 15.9 Å². The van der Waals surface area contributed by atoms with Crippen molar-refractivity contribution < 1.29 is 14.1 Å². The SMILES string of the molecule is CC1=CCC(Oc2cc(F)ccc2Br)([N+](=O)[O-])C=C1. The average Bonchev–Trinajstić information content (AvgIpc) is 2.36. The predicted molar refractivity (Wildman–Crippen MR) is 72.0 cm³/mol. The number of halogens is 2. The zero-order chi connectivity index (χ0) is 14.0. The van der Waals surface area contributed by atoms with Crippen molar-refractivity contribution in [1.82, 2.24) is 0 Å². The van der Waals surface area contributed by atoms with E-state index in [1.165, 1.54) is 18.2 Å². The first kappa shape index (κ1) is 13.7. The summed E-state index contributed by atoms with van der Waals surface area (Å²) in [6.45, 7) is 1.85. The smallest absolute Gasteiger partial charge is 0.386 e. The van der Waals surface area contributed by atoms with Crippen molar-refractivity contribution in [3.8, 4) is 5.75 Å². The van der Waals surface area contributed by atoms with Crippen molar-refractivity contribution in [2.24, 2.45) is 0 Å². The summed E-state index contributed by atoms with van der Waals surface area (Å²) in [6.07, 6.45) is 4.83. The van der Waals surface area contributed by atoms with Gasteiger partial charge < -0.3 is 4.74 Å². The van der Waals surface area contributed by atoms with Gasteiger partial charge in [0.2, 0.25) is 0 Å². The highest BCUT2D eigenvalue weighted by Crippen LogP contribution is 2.33. The van der Waals surface area contributed by atoms with Crippen LogP contribution in [0, 0.1) is 15.9 Å². The number of nitro groups is 1. The Kier molecular flexibility index (Phi) is 3.71. The minimum atomic E-state index is -1.68. The number of hydrogen-bond acceptors (Lipinski definition) is 3. The van der Waals surface area contributed by atoms with Crippen LogP contribution in [0.2, 0.25) is 0 Å². The fourth-order valence-electron chi connectivity index (χ4n) is 1.70. The van der Waals surface area contributed by atoms with Crippen molar-refractivity contribution in [2.75, 3.05) is 0 Å². The van der Waals surface area contributed by atoms with Crippen LogP contribution in [0.5, 0.6) is 5.75 Å². The zero-order valence-corrected chi connectivity index (χ0v) is 11.7. The van der Waals surface area contributed by atoms with E-state index in [1.54, 1.807) is 12.2 Å². The highest BCUT2D eigenvalue weighted by molar-refractivity contribution is 9.10. The van der Waals surface area contributed by atoms with Crippen molar-refractivity contribution in [3.63, 3.8) is 0 Å². The third-order valence-electron chi connectivity index (χ3n) is 2.81. The van der Waals surface area contributed by atoms with E-state index in [2.05, 4.69) is 15.9 Å². The molecule has 0 heterocycles. The van der Waals surface area contributed by atoms with E-state index in [1.807, 2.05) is 6.92 Å². The summed E-state index contributed by atoms with van der Waals surface area (Å²) in [6, 6.07) is 3.82. The van der Waals surface area contributed by atoms with Crippen molar-refractivity contribution in [3.05, 3.63) is 62.4 Å². The Balaban J connectivity index is 2.35. The van der Waals surface area contributed by atoms with E-state index >= 15 is 0 Å². The first-order valence-electron chi connectivity index (χ1n) is 5.57. The van der Waals surface area contributed by atoms with Gasteiger partial charge in [-0.05, 0) is 35.0 Å². The van der Waals surface area contributed by atoms with Crippen LogP contribution in [-0.2, 0) is 0 Å². The largest absolute Gasteiger partial charge is 0.423 e. The average molecular weight is 328 g/mol. The van der Waals surface area contributed by atoms with Gasteiger partial charge >= 0.3 is 5.72 Å². The Labute approximate surface area is 117 Å². The van der Waals surface area contributed by atoms with Crippen molar-refractivity contribution in [2.45, 2.75) is 19.1 Å². The molecule has 0 spiro atoms. The summed E-state index contributed by atoms with van der Waals surface area (Å²) in [5, 5.41) is 11.3. The van der Waals surface area contributed by atoms with Gasteiger partial charge in [-0.15, -0.1) is 0 Å². The predicted octanol–water partition coefficient (Wildman–Crippen LogP) is 3.85. The summed E-state index contributed by atoms with van der Waals surface area (Å²) < 4.78 is 19.1. The van der Waals surface area contributed by atoms with Gasteiger partial charge in [0.1, 0.15) is 11.6 Å². The van der Waals surface area contributed by atoms with Gasteiger partial charge in [-0.3, -0.25) is 10.1 Å².